The standard InChI is InChI=1S/C15H26O/c1-13(2)9-8-11-15(4)14(3)10-6-5-7-12-16/h5,7,9,16H,6,8,10-12H2,1-4H3/b7-5+,15-14+. The highest BCUT2D eigenvalue weighted by atomic mass is 16.2. The van der Waals surface area contributed by atoms with E-state index in [0.29, 0.717) is 0 Å². The van der Waals surface area contributed by atoms with Gasteiger partial charge in [-0.15, -0.1) is 0 Å². The van der Waals surface area contributed by atoms with E-state index < -0.39 is 0 Å². The predicted octanol–water partition coefficient (Wildman–Crippen LogP) is 4.40. The van der Waals surface area contributed by atoms with Gasteiger partial charge in [-0.1, -0.05) is 34.9 Å². The normalized spacial score (nSPS) is 12.8. The molecule has 0 bridgehead atoms. The summed E-state index contributed by atoms with van der Waals surface area (Å²) < 4.78 is 0. The Labute approximate surface area is 101 Å². The molecule has 0 aromatic rings. The molecule has 0 unspecified atom stereocenters. The molecular weight excluding hydrogens is 196 g/mol. The van der Waals surface area contributed by atoms with Gasteiger partial charge in [-0.2, -0.15) is 0 Å². The zero-order valence-corrected chi connectivity index (χ0v) is 11.2. The molecule has 0 aliphatic carbocycles. The molecule has 92 valence electrons. The topological polar surface area (TPSA) is 20.2 Å². The van der Waals surface area contributed by atoms with E-state index in [9.17, 15) is 0 Å². The van der Waals surface area contributed by atoms with Gasteiger partial charge in [0.1, 0.15) is 0 Å². The SMILES string of the molecule is CC(C)=CCC/C(C)=C(\C)CC/C=C/CO. The molecule has 0 rings (SSSR count). The lowest BCUT2D eigenvalue weighted by atomic mass is 10.0. The van der Waals surface area contributed by atoms with Crippen molar-refractivity contribution in [1.29, 1.82) is 0 Å². The Morgan fingerprint density at radius 2 is 1.44 bits per heavy atom. The second-order valence-electron chi connectivity index (χ2n) is 4.57. The first-order valence-electron chi connectivity index (χ1n) is 6.12. The smallest absolute Gasteiger partial charge is 0.0612 e. The maximum Gasteiger partial charge on any atom is 0.0612 e. The van der Waals surface area contributed by atoms with Gasteiger partial charge in [0.2, 0.25) is 0 Å². The zero-order valence-electron chi connectivity index (χ0n) is 11.2. The molecule has 0 radical (unpaired) electrons. The minimum absolute atomic E-state index is 0.155. The zero-order chi connectivity index (χ0) is 12.4. The molecule has 1 N–H and O–H groups in total. The van der Waals surface area contributed by atoms with Crippen LogP contribution in [0.25, 0.3) is 0 Å². The Morgan fingerprint density at radius 3 is 1.94 bits per heavy atom. The van der Waals surface area contributed by atoms with E-state index in [2.05, 4.69) is 33.8 Å². The molecular formula is C15H26O. The monoisotopic (exact) mass is 222 g/mol. The fourth-order valence-corrected chi connectivity index (χ4v) is 1.50. The van der Waals surface area contributed by atoms with E-state index in [1.165, 1.54) is 23.1 Å². The highest BCUT2D eigenvalue weighted by molar-refractivity contribution is 5.11. The molecule has 0 saturated heterocycles. The fraction of sp³-hybridized carbons (Fsp3) is 0.600. The Kier molecular flexibility index (Phi) is 8.93. The van der Waals surface area contributed by atoms with Crippen molar-refractivity contribution < 1.29 is 5.11 Å². The molecule has 0 aromatic heterocycles. The van der Waals surface area contributed by atoms with Gasteiger partial charge in [0.15, 0.2) is 0 Å². The van der Waals surface area contributed by atoms with Gasteiger partial charge in [0.25, 0.3) is 0 Å². The summed E-state index contributed by atoms with van der Waals surface area (Å²) in [6, 6.07) is 0. The van der Waals surface area contributed by atoms with E-state index >= 15 is 0 Å². The van der Waals surface area contributed by atoms with Crippen LogP contribution >= 0.6 is 0 Å². The van der Waals surface area contributed by atoms with Crippen molar-refractivity contribution >= 4 is 0 Å². The van der Waals surface area contributed by atoms with E-state index in [0.717, 1.165) is 19.3 Å². The Bertz CT molecular complexity index is 265. The van der Waals surface area contributed by atoms with Crippen molar-refractivity contribution in [3.05, 3.63) is 34.9 Å². The second kappa shape index (κ2) is 9.41. The maximum atomic E-state index is 8.60. The van der Waals surface area contributed by atoms with Crippen molar-refractivity contribution in [2.24, 2.45) is 0 Å². The molecule has 1 heteroatoms. The fourth-order valence-electron chi connectivity index (χ4n) is 1.50. The summed E-state index contributed by atoms with van der Waals surface area (Å²) in [4.78, 5) is 0. The lowest BCUT2D eigenvalue weighted by Gasteiger charge is -2.05. The van der Waals surface area contributed by atoms with Gasteiger partial charge in [0.05, 0.1) is 6.61 Å². The van der Waals surface area contributed by atoms with Crippen molar-refractivity contribution in [3.8, 4) is 0 Å². The summed E-state index contributed by atoms with van der Waals surface area (Å²) in [6.45, 7) is 8.88. The maximum absolute atomic E-state index is 8.60. The molecule has 0 fully saturated rings. The first-order valence-corrected chi connectivity index (χ1v) is 6.12. The third-order valence-corrected chi connectivity index (χ3v) is 2.76. The highest BCUT2D eigenvalue weighted by Crippen LogP contribution is 2.16. The van der Waals surface area contributed by atoms with E-state index in [4.69, 9.17) is 5.11 Å². The minimum Gasteiger partial charge on any atom is -0.392 e. The minimum atomic E-state index is 0.155. The van der Waals surface area contributed by atoms with Crippen molar-refractivity contribution in [3.63, 3.8) is 0 Å². The summed E-state index contributed by atoms with van der Waals surface area (Å²) in [5.41, 5.74) is 4.40. The molecule has 0 saturated carbocycles. The molecule has 0 aliphatic heterocycles. The van der Waals surface area contributed by atoms with E-state index in [1.807, 2.05) is 12.2 Å². The number of hydrogen-bond donors (Lipinski definition) is 1. The van der Waals surface area contributed by atoms with E-state index in [-0.39, 0.29) is 6.61 Å². The highest BCUT2D eigenvalue weighted by Gasteiger charge is 1.95. The molecule has 1 nitrogen and oxygen atoms in total. The number of rotatable bonds is 7. The molecule has 0 aromatic carbocycles. The summed E-state index contributed by atoms with van der Waals surface area (Å²) in [6.07, 6.45) is 10.6. The first-order chi connectivity index (χ1) is 7.57. The van der Waals surface area contributed by atoms with Gasteiger partial charge in [-0.05, 0) is 53.4 Å². The molecule has 16 heavy (non-hydrogen) atoms. The van der Waals surface area contributed by atoms with Crippen LogP contribution in [0, 0.1) is 0 Å². The molecule has 0 aliphatic rings. The van der Waals surface area contributed by atoms with Crippen LogP contribution in [0.2, 0.25) is 0 Å². The number of aliphatic hydroxyl groups excluding tert-OH is 1. The predicted molar refractivity (Wildman–Crippen MR) is 72.5 cm³/mol. The quantitative estimate of drug-likeness (QED) is 0.633. The van der Waals surface area contributed by atoms with Crippen molar-refractivity contribution in [2.75, 3.05) is 6.61 Å². The summed E-state index contributed by atoms with van der Waals surface area (Å²) >= 11 is 0. The average Bonchev–Trinajstić information content (AvgIpc) is 2.23. The van der Waals surface area contributed by atoms with E-state index in [1.54, 1.807) is 0 Å². The van der Waals surface area contributed by atoms with Gasteiger partial charge in [0, 0.05) is 0 Å². The first kappa shape index (κ1) is 15.2. The Balaban J connectivity index is 3.95. The van der Waals surface area contributed by atoms with Gasteiger partial charge < -0.3 is 5.11 Å². The van der Waals surface area contributed by atoms with Crippen LogP contribution in [0.4, 0.5) is 0 Å². The number of allylic oxidation sites excluding steroid dienone is 5. The van der Waals surface area contributed by atoms with Crippen molar-refractivity contribution in [1.82, 2.24) is 0 Å². The third kappa shape index (κ3) is 8.49. The van der Waals surface area contributed by atoms with Gasteiger partial charge in [-0.25, -0.2) is 0 Å². The molecule has 0 atom stereocenters. The third-order valence-electron chi connectivity index (χ3n) is 2.76. The van der Waals surface area contributed by atoms with Crippen LogP contribution in [0.1, 0.15) is 53.4 Å². The van der Waals surface area contributed by atoms with Crippen LogP contribution in [-0.4, -0.2) is 11.7 Å². The number of aliphatic hydroxyl groups is 1. The second-order valence-corrected chi connectivity index (χ2v) is 4.57. The largest absolute Gasteiger partial charge is 0.392 e. The lowest BCUT2D eigenvalue weighted by Crippen LogP contribution is -1.85. The molecule has 0 heterocycles. The summed E-state index contributed by atoms with van der Waals surface area (Å²) in [5, 5.41) is 8.60. The number of hydrogen-bond acceptors (Lipinski definition) is 1. The van der Waals surface area contributed by atoms with Crippen LogP contribution < -0.4 is 0 Å². The van der Waals surface area contributed by atoms with Gasteiger partial charge >= 0.3 is 0 Å². The Hall–Kier alpha value is -0.820. The van der Waals surface area contributed by atoms with Crippen LogP contribution in [-0.2, 0) is 0 Å². The Morgan fingerprint density at radius 1 is 0.875 bits per heavy atom. The average molecular weight is 222 g/mol. The summed E-state index contributed by atoms with van der Waals surface area (Å²) in [7, 11) is 0. The van der Waals surface area contributed by atoms with Crippen molar-refractivity contribution in [2.45, 2.75) is 53.4 Å². The summed E-state index contributed by atoms with van der Waals surface area (Å²) in [5.74, 6) is 0. The van der Waals surface area contributed by atoms with Gasteiger partial charge in [-0.3, -0.25) is 0 Å². The van der Waals surface area contributed by atoms with Crippen LogP contribution in [0.15, 0.2) is 34.9 Å². The molecule has 0 spiro atoms. The van der Waals surface area contributed by atoms with Crippen LogP contribution in [0.5, 0.6) is 0 Å². The van der Waals surface area contributed by atoms with Crippen LogP contribution in [0.3, 0.4) is 0 Å². The molecule has 0 amide bonds. The lowest BCUT2D eigenvalue weighted by molar-refractivity contribution is 0.342.